The summed E-state index contributed by atoms with van der Waals surface area (Å²) < 4.78 is 69.6. The van der Waals surface area contributed by atoms with Crippen LogP contribution in [-0.4, -0.2) is 19.3 Å². The zero-order chi connectivity index (χ0) is 24.2. The predicted octanol–water partition coefficient (Wildman–Crippen LogP) is 7.70. The number of hydrogen-bond donors (Lipinski definition) is 0. The minimum Gasteiger partial charge on any atom is -0.372 e. The highest BCUT2D eigenvalue weighted by Gasteiger charge is 2.27. The van der Waals surface area contributed by atoms with Gasteiger partial charge in [0.05, 0.1) is 25.4 Å². The molecule has 34 heavy (non-hydrogen) atoms. The summed E-state index contributed by atoms with van der Waals surface area (Å²) >= 11 is 0. The van der Waals surface area contributed by atoms with Crippen LogP contribution in [0.1, 0.15) is 37.0 Å². The number of rotatable bonds is 6. The van der Waals surface area contributed by atoms with E-state index in [0.717, 1.165) is 0 Å². The SMILES string of the molecule is C/C=C/COC1CCC(c2ccc(-c3ccc(-c4ccc(C)c(F)c4F)cc3)c(F)c2F)OC1. The lowest BCUT2D eigenvalue weighted by Gasteiger charge is -2.29. The Hall–Kier alpha value is -2.96. The maximum Gasteiger partial charge on any atom is 0.167 e. The largest absolute Gasteiger partial charge is 0.372 e. The highest BCUT2D eigenvalue weighted by Crippen LogP contribution is 2.35. The molecular formula is C28H26F4O2. The van der Waals surface area contributed by atoms with E-state index in [-0.39, 0.29) is 28.4 Å². The van der Waals surface area contributed by atoms with E-state index in [4.69, 9.17) is 9.47 Å². The fourth-order valence-electron chi connectivity index (χ4n) is 4.13. The van der Waals surface area contributed by atoms with Crippen molar-refractivity contribution in [1.82, 2.24) is 0 Å². The van der Waals surface area contributed by atoms with Crippen LogP contribution in [0.25, 0.3) is 22.3 Å². The van der Waals surface area contributed by atoms with E-state index in [0.29, 0.717) is 37.2 Å². The van der Waals surface area contributed by atoms with Gasteiger partial charge in [-0.2, -0.15) is 0 Å². The molecule has 3 aromatic carbocycles. The van der Waals surface area contributed by atoms with Crippen molar-refractivity contribution in [3.8, 4) is 22.3 Å². The van der Waals surface area contributed by atoms with E-state index in [1.807, 2.05) is 19.1 Å². The minimum absolute atomic E-state index is 0.0648. The van der Waals surface area contributed by atoms with Crippen LogP contribution in [0.3, 0.4) is 0 Å². The van der Waals surface area contributed by atoms with Gasteiger partial charge in [-0.3, -0.25) is 0 Å². The monoisotopic (exact) mass is 470 g/mol. The second-order valence-electron chi connectivity index (χ2n) is 8.39. The molecule has 0 radical (unpaired) electrons. The lowest BCUT2D eigenvalue weighted by molar-refractivity contribution is -0.0817. The Morgan fingerprint density at radius 3 is 2.03 bits per heavy atom. The van der Waals surface area contributed by atoms with Gasteiger partial charge in [0, 0.05) is 16.7 Å². The van der Waals surface area contributed by atoms with Crippen LogP contribution < -0.4 is 0 Å². The van der Waals surface area contributed by atoms with E-state index >= 15 is 0 Å². The average molecular weight is 471 g/mol. The van der Waals surface area contributed by atoms with Gasteiger partial charge in [0.1, 0.15) is 0 Å². The Labute approximate surface area is 196 Å². The molecule has 0 saturated carbocycles. The lowest BCUT2D eigenvalue weighted by atomic mass is 9.95. The first-order valence-corrected chi connectivity index (χ1v) is 11.3. The number of aryl methyl sites for hydroxylation is 1. The van der Waals surface area contributed by atoms with Crippen molar-refractivity contribution in [3.05, 3.63) is 95.1 Å². The fraction of sp³-hybridized carbons (Fsp3) is 0.286. The molecule has 0 aromatic heterocycles. The number of benzene rings is 3. The van der Waals surface area contributed by atoms with Crippen LogP contribution in [0.4, 0.5) is 17.6 Å². The molecule has 1 heterocycles. The van der Waals surface area contributed by atoms with Crippen molar-refractivity contribution in [3.63, 3.8) is 0 Å². The number of allylic oxidation sites excluding steroid dienone is 1. The summed E-state index contributed by atoms with van der Waals surface area (Å²) in [5.41, 5.74) is 1.48. The summed E-state index contributed by atoms with van der Waals surface area (Å²) in [5, 5.41) is 0. The number of ether oxygens (including phenoxy) is 2. The van der Waals surface area contributed by atoms with Gasteiger partial charge < -0.3 is 9.47 Å². The van der Waals surface area contributed by atoms with E-state index in [1.165, 1.54) is 25.1 Å². The molecular weight excluding hydrogens is 444 g/mol. The van der Waals surface area contributed by atoms with Crippen molar-refractivity contribution < 1.29 is 27.0 Å². The average Bonchev–Trinajstić information content (AvgIpc) is 2.85. The maximum absolute atomic E-state index is 15.0. The first-order valence-electron chi connectivity index (χ1n) is 11.3. The number of hydrogen-bond acceptors (Lipinski definition) is 2. The normalized spacial score (nSPS) is 18.5. The van der Waals surface area contributed by atoms with Gasteiger partial charge in [-0.25, -0.2) is 17.6 Å². The first kappa shape index (κ1) is 24.2. The van der Waals surface area contributed by atoms with Crippen molar-refractivity contribution >= 4 is 0 Å². The van der Waals surface area contributed by atoms with E-state index < -0.39 is 29.4 Å². The minimum atomic E-state index is -0.965. The van der Waals surface area contributed by atoms with Crippen molar-refractivity contribution in [2.45, 2.75) is 38.9 Å². The molecule has 1 saturated heterocycles. The highest BCUT2D eigenvalue weighted by molar-refractivity contribution is 5.71. The van der Waals surface area contributed by atoms with Crippen LogP contribution in [0.15, 0.2) is 60.7 Å². The van der Waals surface area contributed by atoms with Gasteiger partial charge in [0.25, 0.3) is 0 Å². The Balaban J connectivity index is 1.51. The zero-order valence-corrected chi connectivity index (χ0v) is 19.1. The Morgan fingerprint density at radius 2 is 1.44 bits per heavy atom. The summed E-state index contributed by atoms with van der Waals surface area (Å²) in [7, 11) is 0. The van der Waals surface area contributed by atoms with E-state index in [9.17, 15) is 17.6 Å². The topological polar surface area (TPSA) is 18.5 Å². The first-order chi connectivity index (χ1) is 16.4. The van der Waals surface area contributed by atoms with Crippen molar-refractivity contribution in [1.29, 1.82) is 0 Å². The second-order valence-corrected chi connectivity index (χ2v) is 8.39. The molecule has 4 rings (SSSR count). The maximum atomic E-state index is 15.0. The second kappa shape index (κ2) is 10.5. The molecule has 3 aromatic rings. The third-order valence-electron chi connectivity index (χ3n) is 6.14. The Kier molecular flexibility index (Phi) is 7.49. The summed E-state index contributed by atoms with van der Waals surface area (Å²) in [5.74, 6) is -3.73. The molecule has 2 unspecified atom stereocenters. The molecule has 2 atom stereocenters. The fourth-order valence-corrected chi connectivity index (χ4v) is 4.13. The lowest BCUT2D eigenvalue weighted by Crippen LogP contribution is -2.28. The third-order valence-corrected chi connectivity index (χ3v) is 6.14. The summed E-state index contributed by atoms with van der Waals surface area (Å²) in [6.45, 7) is 4.22. The van der Waals surface area contributed by atoms with E-state index in [2.05, 4.69) is 0 Å². The molecule has 0 N–H and O–H groups in total. The van der Waals surface area contributed by atoms with Crippen molar-refractivity contribution in [2.24, 2.45) is 0 Å². The van der Waals surface area contributed by atoms with Crippen LogP contribution in [0.5, 0.6) is 0 Å². The summed E-state index contributed by atoms with van der Waals surface area (Å²) in [4.78, 5) is 0. The van der Waals surface area contributed by atoms with Crippen LogP contribution >= 0.6 is 0 Å². The smallest absolute Gasteiger partial charge is 0.167 e. The summed E-state index contributed by atoms with van der Waals surface area (Å²) in [6.07, 6.45) is 4.44. The number of halogens is 4. The van der Waals surface area contributed by atoms with Gasteiger partial charge >= 0.3 is 0 Å². The van der Waals surface area contributed by atoms with Crippen molar-refractivity contribution in [2.75, 3.05) is 13.2 Å². The zero-order valence-electron chi connectivity index (χ0n) is 19.1. The van der Waals surface area contributed by atoms with Gasteiger partial charge in [0.2, 0.25) is 0 Å². The standard InChI is InChI=1S/C28H26F4O2/c1-3-4-15-33-20-10-14-24(34-16-20)23-13-12-22(27(31)28(23)32)19-8-6-18(7-9-19)21-11-5-17(2)25(29)26(21)30/h3-9,11-13,20,24H,10,14-16H2,1-2H3/b4-3+. The Morgan fingerprint density at radius 1 is 0.824 bits per heavy atom. The molecule has 0 amide bonds. The quantitative estimate of drug-likeness (QED) is 0.271. The van der Waals surface area contributed by atoms with Crippen LogP contribution in [0.2, 0.25) is 0 Å². The molecule has 0 aliphatic carbocycles. The molecule has 0 spiro atoms. The Bertz CT molecular complexity index is 1180. The predicted molar refractivity (Wildman–Crippen MR) is 124 cm³/mol. The van der Waals surface area contributed by atoms with Gasteiger partial charge in [-0.1, -0.05) is 60.7 Å². The molecule has 1 aliphatic heterocycles. The molecule has 2 nitrogen and oxygen atoms in total. The highest BCUT2D eigenvalue weighted by atomic mass is 19.2. The molecule has 6 heteroatoms. The van der Waals surface area contributed by atoms with Crippen LogP contribution in [-0.2, 0) is 9.47 Å². The van der Waals surface area contributed by atoms with Crippen LogP contribution in [0, 0.1) is 30.2 Å². The summed E-state index contributed by atoms with van der Waals surface area (Å²) in [6, 6.07) is 12.3. The molecule has 1 aliphatic rings. The van der Waals surface area contributed by atoms with Gasteiger partial charge in [-0.05, 0) is 43.4 Å². The van der Waals surface area contributed by atoms with Gasteiger partial charge in [0.15, 0.2) is 23.3 Å². The molecule has 178 valence electrons. The van der Waals surface area contributed by atoms with Gasteiger partial charge in [-0.15, -0.1) is 0 Å². The van der Waals surface area contributed by atoms with E-state index in [1.54, 1.807) is 30.3 Å². The third kappa shape index (κ3) is 4.93. The molecule has 1 fully saturated rings. The molecule has 0 bridgehead atoms.